The smallest absolute Gasteiger partial charge is 0.0869 e. The molecule has 0 spiro atoms. The molecule has 0 aromatic carbocycles. The number of likely N-dealkylation sites (N-methyl/N-ethyl adjacent to an activating group) is 1. The van der Waals surface area contributed by atoms with Crippen molar-refractivity contribution in [2.45, 2.75) is 45.3 Å². The Bertz CT molecular complexity index is 208. The molecule has 1 saturated carbocycles. The number of nitrogens with zero attached hydrogens (tertiary/aromatic N) is 1. The fourth-order valence-electron chi connectivity index (χ4n) is 2.48. The molecule has 0 saturated heterocycles. The van der Waals surface area contributed by atoms with E-state index >= 15 is 0 Å². The minimum absolute atomic E-state index is 0.577. The molecule has 0 bridgehead atoms. The molecule has 16 heavy (non-hydrogen) atoms. The van der Waals surface area contributed by atoms with E-state index in [-0.39, 0.29) is 0 Å². The summed E-state index contributed by atoms with van der Waals surface area (Å²) in [5.41, 5.74) is -0.633. The lowest BCUT2D eigenvalue weighted by Crippen LogP contribution is -2.49. The third-order valence-corrected chi connectivity index (χ3v) is 3.22. The van der Waals surface area contributed by atoms with Gasteiger partial charge < -0.3 is 15.3 Å². The number of hydrogen-bond donors (Lipinski definition) is 2. The maximum absolute atomic E-state index is 10.2. The molecule has 3 heteroatoms. The Morgan fingerprint density at radius 2 is 1.94 bits per heavy atom. The summed E-state index contributed by atoms with van der Waals surface area (Å²) in [6, 6.07) is 0.577. The fraction of sp³-hybridized carbons (Fsp3) is 1.00. The first kappa shape index (κ1) is 13.9. The van der Waals surface area contributed by atoms with E-state index in [1.54, 1.807) is 0 Å². The molecule has 0 radical (unpaired) electrons. The predicted molar refractivity (Wildman–Crippen MR) is 68.5 cm³/mol. The molecule has 0 aromatic heterocycles. The maximum atomic E-state index is 10.2. The molecule has 2 atom stereocenters. The minimum Gasteiger partial charge on any atom is -0.388 e. The molecule has 2 unspecified atom stereocenters. The van der Waals surface area contributed by atoms with Gasteiger partial charge in [-0.1, -0.05) is 13.8 Å². The zero-order valence-electron chi connectivity index (χ0n) is 11.5. The highest BCUT2D eigenvalue weighted by Gasteiger charge is 2.34. The summed E-state index contributed by atoms with van der Waals surface area (Å²) in [6.07, 6.45) is 2.71. The van der Waals surface area contributed by atoms with Gasteiger partial charge in [0, 0.05) is 19.1 Å². The van der Waals surface area contributed by atoms with Crippen LogP contribution in [0.5, 0.6) is 0 Å². The zero-order chi connectivity index (χ0) is 12.3. The van der Waals surface area contributed by atoms with Gasteiger partial charge in [-0.3, -0.25) is 0 Å². The number of hydrogen-bond acceptors (Lipinski definition) is 3. The van der Waals surface area contributed by atoms with Gasteiger partial charge in [-0.2, -0.15) is 0 Å². The lowest BCUT2D eigenvalue weighted by Gasteiger charge is -2.31. The van der Waals surface area contributed by atoms with Gasteiger partial charge in [0.25, 0.3) is 0 Å². The Balaban J connectivity index is 2.35. The quantitative estimate of drug-likeness (QED) is 0.690. The Kier molecular flexibility index (Phi) is 4.77. The molecule has 0 aliphatic heterocycles. The van der Waals surface area contributed by atoms with E-state index in [4.69, 9.17) is 0 Å². The summed E-state index contributed by atoms with van der Waals surface area (Å²) in [7, 11) is 3.99. The lowest BCUT2D eigenvalue weighted by molar-refractivity contribution is 0.0291. The molecule has 0 amide bonds. The van der Waals surface area contributed by atoms with Crippen molar-refractivity contribution in [3.05, 3.63) is 0 Å². The zero-order valence-corrected chi connectivity index (χ0v) is 11.5. The second kappa shape index (κ2) is 5.48. The van der Waals surface area contributed by atoms with Gasteiger partial charge >= 0.3 is 0 Å². The van der Waals surface area contributed by atoms with Crippen LogP contribution < -0.4 is 5.32 Å². The normalized spacial score (nSPS) is 22.5. The number of aliphatic hydroxyl groups is 1. The van der Waals surface area contributed by atoms with Crippen molar-refractivity contribution in [1.29, 1.82) is 0 Å². The summed E-state index contributed by atoms with van der Waals surface area (Å²) >= 11 is 0. The second-order valence-corrected chi connectivity index (χ2v) is 6.22. The monoisotopic (exact) mass is 228 g/mol. The highest BCUT2D eigenvalue weighted by molar-refractivity contribution is 4.90. The van der Waals surface area contributed by atoms with Crippen molar-refractivity contribution < 1.29 is 5.11 Å². The van der Waals surface area contributed by atoms with Gasteiger partial charge in [0.05, 0.1) is 5.60 Å². The molecule has 3 nitrogen and oxygen atoms in total. The van der Waals surface area contributed by atoms with E-state index in [0.717, 1.165) is 5.92 Å². The van der Waals surface area contributed by atoms with Crippen LogP contribution in [0.2, 0.25) is 0 Å². The van der Waals surface area contributed by atoms with Gasteiger partial charge in [-0.25, -0.2) is 0 Å². The summed E-state index contributed by atoms with van der Waals surface area (Å²) in [5, 5.41) is 13.8. The van der Waals surface area contributed by atoms with Gasteiger partial charge in [0.1, 0.15) is 0 Å². The highest BCUT2D eigenvalue weighted by atomic mass is 16.3. The van der Waals surface area contributed by atoms with Crippen molar-refractivity contribution in [3.63, 3.8) is 0 Å². The molecule has 1 rings (SSSR count). The van der Waals surface area contributed by atoms with Crippen LogP contribution in [-0.2, 0) is 0 Å². The highest BCUT2D eigenvalue weighted by Crippen LogP contribution is 2.35. The lowest BCUT2D eigenvalue weighted by atomic mass is 9.98. The predicted octanol–water partition coefficient (Wildman–Crippen LogP) is 1.32. The van der Waals surface area contributed by atoms with Crippen molar-refractivity contribution in [2.24, 2.45) is 11.8 Å². The summed E-state index contributed by atoms with van der Waals surface area (Å²) in [6.45, 7) is 7.82. The van der Waals surface area contributed by atoms with Crippen LogP contribution in [0.25, 0.3) is 0 Å². The van der Waals surface area contributed by atoms with Gasteiger partial charge in [-0.05, 0) is 45.7 Å². The summed E-state index contributed by atoms with van der Waals surface area (Å²) in [4.78, 5) is 2.03. The third kappa shape index (κ3) is 4.81. The first-order valence-electron chi connectivity index (χ1n) is 6.42. The van der Waals surface area contributed by atoms with Crippen LogP contribution in [0.15, 0.2) is 0 Å². The average Bonchev–Trinajstić information content (AvgIpc) is 2.84. The maximum Gasteiger partial charge on any atom is 0.0869 e. The topological polar surface area (TPSA) is 35.5 Å². The Hall–Kier alpha value is -0.120. The van der Waals surface area contributed by atoms with Gasteiger partial charge in [-0.15, -0.1) is 0 Å². The molecule has 96 valence electrons. The summed E-state index contributed by atoms with van der Waals surface area (Å²) in [5.74, 6) is 1.50. The molecule has 1 fully saturated rings. The molecule has 2 N–H and O–H groups in total. The Labute approximate surface area is 100 Å². The molecular formula is C13H28N2O. The van der Waals surface area contributed by atoms with Crippen LogP contribution in [0, 0.1) is 11.8 Å². The van der Waals surface area contributed by atoms with Crippen LogP contribution in [0.1, 0.15) is 33.6 Å². The number of rotatable bonds is 7. The SMILES string of the molecule is CC(C)C(NCC(C)(O)CN(C)C)C1CC1. The fourth-order valence-corrected chi connectivity index (χ4v) is 2.48. The van der Waals surface area contributed by atoms with Crippen molar-refractivity contribution in [2.75, 3.05) is 27.2 Å². The standard InChI is InChI=1S/C13H28N2O/c1-10(2)12(11-6-7-11)14-8-13(3,16)9-15(4)5/h10-12,14,16H,6-9H2,1-5H3. The number of nitrogens with one attached hydrogen (secondary N) is 1. The van der Waals surface area contributed by atoms with E-state index in [1.807, 2.05) is 25.9 Å². The molecular weight excluding hydrogens is 200 g/mol. The average molecular weight is 228 g/mol. The third-order valence-electron chi connectivity index (χ3n) is 3.22. The molecule has 1 aliphatic rings. The van der Waals surface area contributed by atoms with Gasteiger partial charge in [0.15, 0.2) is 0 Å². The Morgan fingerprint density at radius 1 is 1.38 bits per heavy atom. The van der Waals surface area contributed by atoms with Crippen molar-refractivity contribution in [1.82, 2.24) is 10.2 Å². The molecule has 0 heterocycles. The first-order chi connectivity index (χ1) is 7.32. The van der Waals surface area contributed by atoms with Crippen LogP contribution in [0.3, 0.4) is 0 Å². The van der Waals surface area contributed by atoms with E-state index in [0.29, 0.717) is 25.0 Å². The van der Waals surface area contributed by atoms with E-state index in [9.17, 15) is 5.11 Å². The van der Waals surface area contributed by atoms with Gasteiger partial charge in [0.2, 0.25) is 0 Å². The Morgan fingerprint density at radius 3 is 2.31 bits per heavy atom. The van der Waals surface area contributed by atoms with Crippen LogP contribution in [0.4, 0.5) is 0 Å². The second-order valence-electron chi connectivity index (χ2n) is 6.22. The van der Waals surface area contributed by atoms with E-state index in [2.05, 4.69) is 19.2 Å². The summed E-state index contributed by atoms with van der Waals surface area (Å²) < 4.78 is 0. The van der Waals surface area contributed by atoms with Crippen LogP contribution >= 0.6 is 0 Å². The van der Waals surface area contributed by atoms with E-state index < -0.39 is 5.60 Å². The van der Waals surface area contributed by atoms with Crippen molar-refractivity contribution >= 4 is 0 Å². The molecule has 0 aromatic rings. The first-order valence-corrected chi connectivity index (χ1v) is 6.42. The van der Waals surface area contributed by atoms with E-state index in [1.165, 1.54) is 12.8 Å². The van der Waals surface area contributed by atoms with Crippen LogP contribution in [-0.4, -0.2) is 48.8 Å². The molecule has 1 aliphatic carbocycles. The minimum atomic E-state index is -0.633. The largest absolute Gasteiger partial charge is 0.388 e. The van der Waals surface area contributed by atoms with Crippen molar-refractivity contribution in [3.8, 4) is 0 Å².